The first-order valence-electron chi connectivity index (χ1n) is 6.56. The lowest BCUT2D eigenvalue weighted by atomic mass is 9.91. The fourth-order valence-corrected chi connectivity index (χ4v) is 3.02. The normalized spacial score (nSPS) is 18.9. The Morgan fingerprint density at radius 1 is 1.00 bits per heavy atom. The van der Waals surface area contributed by atoms with E-state index in [4.69, 9.17) is 0 Å². The molecule has 0 aliphatic carbocycles. The molecule has 0 N–H and O–H groups in total. The molecular weight excluding hydrogens is 218 g/mol. The maximum absolute atomic E-state index is 2.43. The van der Waals surface area contributed by atoms with Gasteiger partial charge >= 0.3 is 0 Å². The highest BCUT2D eigenvalue weighted by atomic mass is 15.1. The van der Waals surface area contributed by atoms with E-state index in [-0.39, 0.29) is 0 Å². The van der Waals surface area contributed by atoms with Crippen molar-refractivity contribution in [2.45, 2.75) is 26.4 Å². The van der Waals surface area contributed by atoms with E-state index in [0.29, 0.717) is 6.04 Å². The summed E-state index contributed by atoms with van der Waals surface area (Å²) in [6.45, 7) is 5.54. The lowest BCUT2D eigenvalue weighted by Crippen LogP contribution is -2.21. The largest absolute Gasteiger partial charge is 0.295 e. The Morgan fingerprint density at radius 2 is 1.72 bits per heavy atom. The Bertz CT molecular complexity index is 586. The lowest BCUT2D eigenvalue weighted by molar-refractivity contribution is 0.256. The molecule has 3 rings (SSSR count). The number of aryl methyl sites for hydroxylation is 1. The van der Waals surface area contributed by atoms with Gasteiger partial charge in [0.05, 0.1) is 0 Å². The average molecular weight is 237 g/mol. The topological polar surface area (TPSA) is 3.24 Å². The summed E-state index contributed by atoms with van der Waals surface area (Å²) in [4.78, 5) is 2.43. The molecule has 18 heavy (non-hydrogen) atoms. The molecule has 1 nitrogen and oxygen atoms in total. The van der Waals surface area contributed by atoms with Gasteiger partial charge in [0, 0.05) is 12.6 Å². The number of fused-ring (bicyclic) bond motifs is 3. The molecule has 0 amide bonds. The van der Waals surface area contributed by atoms with Crippen molar-refractivity contribution in [2.24, 2.45) is 0 Å². The summed E-state index contributed by atoms with van der Waals surface area (Å²) in [7, 11) is 2.21. The second-order valence-corrected chi connectivity index (χ2v) is 5.28. The maximum Gasteiger partial charge on any atom is 0.0329 e. The van der Waals surface area contributed by atoms with Crippen LogP contribution in [-0.2, 0) is 6.54 Å². The van der Waals surface area contributed by atoms with Crippen LogP contribution in [0.3, 0.4) is 0 Å². The zero-order chi connectivity index (χ0) is 12.7. The van der Waals surface area contributed by atoms with E-state index in [1.165, 1.54) is 27.8 Å². The fourth-order valence-electron chi connectivity index (χ4n) is 3.02. The Kier molecular flexibility index (Phi) is 2.71. The first-order chi connectivity index (χ1) is 8.68. The minimum atomic E-state index is 0.466. The van der Waals surface area contributed by atoms with Gasteiger partial charge in [0.2, 0.25) is 0 Å². The molecular formula is C17H19N. The number of hydrogen-bond donors (Lipinski definition) is 0. The first kappa shape index (κ1) is 11.5. The van der Waals surface area contributed by atoms with Crippen molar-refractivity contribution in [3.63, 3.8) is 0 Å². The molecule has 0 aromatic heterocycles. The number of nitrogens with zero attached hydrogens (tertiary/aromatic N) is 1. The van der Waals surface area contributed by atoms with Crippen LogP contribution in [0.25, 0.3) is 11.1 Å². The maximum atomic E-state index is 2.43. The van der Waals surface area contributed by atoms with Crippen molar-refractivity contribution in [3.8, 4) is 11.1 Å². The van der Waals surface area contributed by atoms with Crippen molar-refractivity contribution in [1.29, 1.82) is 0 Å². The molecule has 1 unspecified atom stereocenters. The minimum absolute atomic E-state index is 0.466. The van der Waals surface area contributed by atoms with Gasteiger partial charge in [0.25, 0.3) is 0 Å². The number of hydrogen-bond acceptors (Lipinski definition) is 1. The second-order valence-electron chi connectivity index (χ2n) is 5.28. The Hall–Kier alpha value is -1.60. The molecule has 0 spiro atoms. The summed E-state index contributed by atoms with van der Waals surface area (Å²) in [6, 6.07) is 15.9. The predicted octanol–water partition coefficient (Wildman–Crippen LogP) is 4.17. The second kappa shape index (κ2) is 4.25. The summed E-state index contributed by atoms with van der Waals surface area (Å²) >= 11 is 0. The Morgan fingerprint density at radius 3 is 2.56 bits per heavy atom. The van der Waals surface area contributed by atoms with E-state index in [0.717, 1.165) is 6.54 Å². The highest BCUT2D eigenvalue weighted by molar-refractivity contribution is 5.73. The average Bonchev–Trinajstić information content (AvgIpc) is 2.48. The third-order valence-corrected chi connectivity index (χ3v) is 4.13. The summed E-state index contributed by atoms with van der Waals surface area (Å²) in [5, 5.41) is 0. The smallest absolute Gasteiger partial charge is 0.0329 e. The quantitative estimate of drug-likeness (QED) is 0.664. The van der Waals surface area contributed by atoms with E-state index >= 15 is 0 Å². The van der Waals surface area contributed by atoms with Crippen molar-refractivity contribution in [1.82, 2.24) is 4.90 Å². The van der Waals surface area contributed by atoms with Gasteiger partial charge in [-0.2, -0.15) is 0 Å². The minimum Gasteiger partial charge on any atom is -0.295 e. The Balaban J connectivity index is 2.33. The first-order valence-corrected chi connectivity index (χ1v) is 6.56. The summed E-state index contributed by atoms with van der Waals surface area (Å²) in [5.41, 5.74) is 7.10. The van der Waals surface area contributed by atoms with Crippen LogP contribution in [0.2, 0.25) is 0 Å². The van der Waals surface area contributed by atoms with Gasteiger partial charge in [-0.25, -0.2) is 0 Å². The van der Waals surface area contributed by atoms with Crippen LogP contribution in [0.1, 0.15) is 29.7 Å². The Labute approximate surface area is 109 Å². The molecule has 1 heterocycles. The highest BCUT2D eigenvalue weighted by Gasteiger charge is 2.23. The van der Waals surface area contributed by atoms with E-state index in [2.05, 4.69) is 68.3 Å². The highest BCUT2D eigenvalue weighted by Crippen LogP contribution is 2.38. The fraction of sp³-hybridized carbons (Fsp3) is 0.294. The molecule has 1 heteroatoms. The van der Waals surface area contributed by atoms with E-state index < -0.39 is 0 Å². The summed E-state index contributed by atoms with van der Waals surface area (Å²) in [5.74, 6) is 0. The SMILES string of the molecule is Cc1cccc2c1C(C)N(C)Cc1ccccc1-2. The van der Waals surface area contributed by atoms with Gasteiger partial charge in [-0.3, -0.25) is 4.90 Å². The molecule has 0 saturated carbocycles. The van der Waals surface area contributed by atoms with Gasteiger partial charge in [-0.15, -0.1) is 0 Å². The van der Waals surface area contributed by atoms with Crippen molar-refractivity contribution in [3.05, 3.63) is 59.2 Å². The molecule has 92 valence electrons. The molecule has 0 saturated heterocycles. The van der Waals surface area contributed by atoms with Gasteiger partial charge < -0.3 is 0 Å². The zero-order valence-corrected chi connectivity index (χ0v) is 11.3. The van der Waals surface area contributed by atoms with E-state index in [1.807, 2.05) is 0 Å². The number of rotatable bonds is 0. The molecule has 0 bridgehead atoms. The van der Waals surface area contributed by atoms with Crippen LogP contribution in [0.5, 0.6) is 0 Å². The summed E-state index contributed by atoms with van der Waals surface area (Å²) < 4.78 is 0. The molecule has 1 aliphatic rings. The van der Waals surface area contributed by atoms with Crippen molar-refractivity contribution < 1.29 is 0 Å². The van der Waals surface area contributed by atoms with Gasteiger partial charge in [0.15, 0.2) is 0 Å². The van der Waals surface area contributed by atoms with Gasteiger partial charge in [0.1, 0.15) is 0 Å². The molecule has 1 aliphatic heterocycles. The van der Waals surface area contributed by atoms with Crippen LogP contribution in [-0.4, -0.2) is 11.9 Å². The van der Waals surface area contributed by atoms with E-state index in [9.17, 15) is 0 Å². The lowest BCUT2D eigenvalue weighted by Gasteiger charge is -2.24. The molecule has 1 atom stereocenters. The van der Waals surface area contributed by atoms with Crippen LogP contribution in [0, 0.1) is 6.92 Å². The number of benzene rings is 2. The van der Waals surface area contributed by atoms with Crippen molar-refractivity contribution >= 4 is 0 Å². The van der Waals surface area contributed by atoms with Crippen LogP contribution >= 0.6 is 0 Å². The monoisotopic (exact) mass is 237 g/mol. The molecule has 0 radical (unpaired) electrons. The third kappa shape index (κ3) is 1.67. The van der Waals surface area contributed by atoms with E-state index in [1.54, 1.807) is 0 Å². The standard InChI is InChI=1S/C17H19N/c1-12-7-6-10-16-15-9-5-4-8-14(15)11-18(3)13(2)17(12)16/h4-10,13H,11H2,1-3H3. The molecule has 0 fully saturated rings. The molecule has 2 aromatic carbocycles. The third-order valence-electron chi connectivity index (χ3n) is 4.13. The van der Waals surface area contributed by atoms with Gasteiger partial charge in [-0.05, 0) is 48.7 Å². The predicted molar refractivity (Wildman–Crippen MR) is 76.5 cm³/mol. The van der Waals surface area contributed by atoms with Crippen LogP contribution in [0.15, 0.2) is 42.5 Å². The molecule has 2 aromatic rings. The zero-order valence-electron chi connectivity index (χ0n) is 11.3. The van der Waals surface area contributed by atoms with Gasteiger partial charge in [-0.1, -0.05) is 42.5 Å². The van der Waals surface area contributed by atoms with Crippen LogP contribution in [0.4, 0.5) is 0 Å². The summed E-state index contributed by atoms with van der Waals surface area (Å²) in [6.07, 6.45) is 0. The van der Waals surface area contributed by atoms with Crippen molar-refractivity contribution in [2.75, 3.05) is 7.05 Å². The van der Waals surface area contributed by atoms with Crippen LogP contribution < -0.4 is 0 Å².